The Labute approximate surface area is 311 Å². The minimum absolute atomic E-state index is 0.0208. The predicted molar refractivity (Wildman–Crippen MR) is 183 cm³/mol. The van der Waals surface area contributed by atoms with E-state index in [1.165, 1.54) is 0 Å². The van der Waals surface area contributed by atoms with Gasteiger partial charge in [0.05, 0.1) is 32.0 Å². The van der Waals surface area contributed by atoms with E-state index < -0.39 is 80.4 Å². The maximum absolute atomic E-state index is 14.5. The summed E-state index contributed by atoms with van der Waals surface area (Å²) in [4.78, 5) is 14.5. The van der Waals surface area contributed by atoms with Gasteiger partial charge in [-0.1, -0.05) is 27.7 Å². The molecule has 8 rings (SSSR count). The standard InChI is InChI=1S/C39H62O14/c1-17-7-10-39(48-16-17)18(2)27-24(53-39)12-22-21-6-5-19-11-20(8-9-37(19,3)28(21)23(42)13-38(22,27)4)49-35-33(47)31(45)34(26(15-41)51-35)52-36-32(46)30(44)29(43)25(14-40)50-36/h17-22,24-36,40-41,43-47H,5-16H2,1-4H3/t17-,18?,19+,20?,21?,22+,24?,25-,26-,27?,28?,29-,30+,31-,32-,33-,34-,35-,36+,37+,38+,39?/m1/s1. The van der Waals surface area contributed by atoms with Gasteiger partial charge in [-0.15, -0.1) is 0 Å². The first-order valence-electron chi connectivity index (χ1n) is 20.2. The molecule has 22 atom stereocenters. The molecule has 7 N–H and O–H groups in total. The monoisotopic (exact) mass is 754 g/mol. The summed E-state index contributed by atoms with van der Waals surface area (Å²) in [5.41, 5.74) is -0.288. The Morgan fingerprint density at radius 2 is 1.47 bits per heavy atom. The molecule has 8 aliphatic rings. The zero-order valence-corrected chi connectivity index (χ0v) is 31.4. The van der Waals surface area contributed by atoms with Crippen LogP contribution in [0.3, 0.4) is 0 Å². The van der Waals surface area contributed by atoms with Crippen LogP contribution in [0.25, 0.3) is 0 Å². The van der Waals surface area contributed by atoms with Gasteiger partial charge in [0, 0.05) is 24.7 Å². The van der Waals surface area contributed by atoms with Gasteiger partial charge in [0.15, 0.2) is 18.4 Å². The summed E-state index contributed by atoms with van der Waals surface area (Å²) in [6.07, 6.45) is -7.48. The lowest BCUT2D eigenvalue weighted by molar-refractivity contribution is -0.364. The predicted octanol–water partition coefficient (Wildman–Crippen LogP) is 0.621. The summed E-state index contributed by atoms with van der Waals surface area (Å²) >= 11 is 0. The minimum Gasteiger partial charge on any atom is -0.394 e. The van der Waals surface area contributed by atoms with Gasteiger partial charge in [-0.25, -0.2) is 0 Å². The van der Waals surface area contributed by atoms with Crippen LogP contribution in [-0.4, -0.2) is 141 Å². The van der Waals surface area contributed by atoms with Crippen LogP contribution in [0.5, 0.6) is 0 Å². The van der Waals surface area contributed by atoms with E-state index in [4.69, 9.17) is 28.4 Å². The van der Waals surface area contributed by atoms with E-state index in [1.54, 1.807) is 0 Å². The Kier molecular flexibility index (Phi) is 10.5. The molecule has 4 saturated carbocycles. The zero-order valence-electron chi connectivity index (χ0n) is 31.4. The fraction of sp³-hybridized carbons (Fsp3) is 0.974. The van der Waals surface area contributed by atoms with Gasteiger partial charge >= 0.3 is 0 Å². The molecule has 0 aromatic carbocycles. The molecule has 0 amide bonds. The Hall–Kier alpha value is -0.850. The van der Waals surface area contributed by atoms with Gasteiger partial charge in [0.1, 0.15) is 54.6 Å². The van der Waals surface area contributed by atoms with Gasteiger partial charge in [-0.05, 0) is 85.4 Å². The van der Waals surface area contributed by atoms with Gasteiger partial charge in [0.2, 0.25) is 0 Å². The van der Waals surface area contributed by atoms with Crippen molar-refractivity contribution in [2.45, 2.75) is 165 Å². The third-order valence-corrected chi connectivity index (χ3v) is 15.9. The Morgan fingerprint density at radius 3 is 2.17 bits per heavy atom. The van der Waals surface area contributed by atoms with Crippen LogP contribution >= 0.6 is 0 Å². The molecule has 53 heavy (non-hydrogen) atoms. The number of carbonyl (C=O) groups excluding carboxylic acids is 1. The van der Waals surface area contributed by atoms with Crippen LogP contribution in [-0.2, 0) is 33.2 Å². The number of hydrogen-bond acceptors (Lipinski definition) is 14. The Bertz CT molecular complexity index is 1340. The van der Waals surface area contributed by atoms with Crippen molar-refractivity contribution in [3.8, 4) is 0 Å². The minimum atomic E-state index is -1.74. The number of rotatable bonds is 6. The first kappa shape index (κ1) is 39.0. The van der Waals surface area contributed by atoms with Crippen LogP contribution in [0.2, 0.25) is 0 Å². The van der Waals surface area contributed by atoms with E-state index in [0.717, 1.165) is 45.1 Å². The number of fused-ring (bicyclic) bond motifs is 7. The topological polar surface area (TPSA) is 214 Å². The van der Waals surface area contributed by atoms with E-state index in [-0.39, 0.29) is 40.8 Å². The summed E-state index contributed by atoms with van der Waals surface area (Å²) in [6, 6.07) is 0. The van der Waals surface area contributed by atoms with E-state index in [1.807, 2.05) is 0 Å². The van der Waals surface area contributed by atoms with Crippen LogP contribution in [0, 0.1) is 52.3 Å². The number of carbonyl (C=O) groups is 1. The number of ketones is 1. The van der Waals surface area contributed by atoms with E-state index in [9.17, 15) is 40.5 Å². The van der Waals surface area contributed by atoms with Gasteiger partial charge in [0.25, 0.3) is 0 Å². The van der Waals surface area contributed by atoms with Crippen LogP contribution in [0.1, 0.15) is 85.5 Å². The van der Waals surface area contributed by atoms with Crippen molar-refractivity contribution >= 4 is 5.78 Å². The number of ether oxygens (including phenoxy) is 6. The fourth-order valence-corrected chi connectivity index (χ4v) is 13.0. The second-order valence-corrected chi connectivity index (χ2v) is 18.7. The van der Waals surface area contributed by atoms with Gasteiger partial charge in [-0.3, -0.25) is 4.79 Å². The molecule has 4 heterocycles. The van der Waals surface area contributed by atoms with Crippen molar-refractivity contribution in [3.63, 3.8) is 0 Å². The lowest BCUT2D eigenvalue weighted by Gasteiger charge is -2.60. The number of Topliss-reactive ketones (excluding diaryl/α,β-unsaturated/α-hetero) is 1. The smallest absolute Gasteiger partial charge is 0.187 e. The molecule has 0 radical (unpaired) electrons. The molecule has 1 spiro atoms. The van der Waals surface area contributed by atoms with Gasteiger partial charge < -0.3 is 64.2 Å². The Morgan fingerprint density at radius 1 is 0.774 bits per heavy atom. The van der Waals surface area contributed by atoms with Crippen molar-refractivity contribution < 1.29 is 69.0 Å². The van der Waals surface area contributed by atoms with Crippen molar-refractivity contribution in [2.24, 2.45) is 52.3 Å². The second-order valence-electron chi connectivity index (χ2n) is 18.7. The average Bonchev–Trinajstić information content (AvgIpc) is 3.57. The highest BCUT2D eigenvalue weighted by Gasteiger charge is 2.71. The van der Waals surface area contributed by atoms with E-state index >= 15 is 0 Å². The molecule has 302 valence electrons. The van der Waals surface area contributed by atoms with E-state index in [2.05, 4.69) is 27.7 Å². The molecule has 4 saturated heterocycles. The molecular formula is C39H62O14. The zero-order chi connectivity index (χ0) is 37.8. The number of aliphatic hydroxyl groups excluding tert-OH is 7. The third kappa shape index (κ3) is 6.12. The Balaban J connectivity index is 0.911. The maximum atomic E-state index is 14.5. The molecule has 14 heteroatoms. The molecule has 4 aliphatic heterocycles. The molecule has 8 fully saturated rings. The fourth-order valence-electron chi connectivity index (χ4n) is 13.0. The summed E-state index contributed by atoms with van der Waals surface area (Å²) in [6.45, 7) is 8.63. The SMILES string of the molecule is CC1C2C(C[C@H]3C4CC[C@H]5CC(O[C@@H]6O[C@H](CO)[C@@H](O[C@@H]7O[C@H](CO)[C@@H](O)[C@H](O)[C@H]7O)[C@H](O)[C@H]6O)CC[C@]5(C)C4C(=O)C[C@]23C)OC12CC[C@@H](C)CO2. The van der Waals surface area contributed by atoms with Crippen LogP contribution in [0.15, 0.2) is 0 Å². The molecular weight excluding hydrogens is 692 g/mol. The van der Waals surface area contributed by atoms with Gasteiger partial charge in [-0.2, -0.15) is 0 Å². The average molecular weight is 755 g/mol. The maximum Gasteiger partial charge on any atom is 0.187 e. The summed E-state index contributed by atoms with van der Waals surface area (Å²) < 4.78 is 36.8. The highest BCUT2D eigenvalue weighted by atomic mass is 16.7. The van der Waals surface area contributed by atoms with Crippen molar-refractivity contribution in [2.75, 3.05) is 19.8 Å². The van der Waals surface area contributed by atoms with Crippen LogP contribution < -0.4 is 0 Å². The first-order valence-corrected chi connectivity index (χ1v) is 20.2. The second kappa shape index (κ2) is 14.2. The third-order valence-electron chi connectivity index (χ3n) is 15.9. The molecule has 14 nitrogen and oxygen atoms in total. The summed E-state index contributed by atoms with van der Waals surface area (Å²) in [5.74, 6) is 1.91. The highest BCUT2D eigenvalue weighted by molar-refractivity contribution is 5.84. The van der Waals surface area contributed by atoms with Crippen LogP contribution in [0.4, 0.5) is 0 Å². The first-order chi connectivity index (χ1) is 25.2. The molecule has 4 aliphatic carbocycles. The number of aliphatic hydroxyl groups is 7. The largest absolute Gasteiger partial charge is 0.394 e. The lowest BCUT2D eigenvalue weighted by atomic mass is 9.44. The molecule has 0 aromatic heterocycles. The van der Waals surface area contributed by atoms with Crippen molar-refractivity contribution in [3.05, 3.63) is 0 Å². The molecule has 0 aromatic rings. The summed E-state index contributed by atoms with van der Waals surface area (Å²) in [7, 11) is 0. The number of hydrogen-bond donors (Lipinski definition) is 7. The quantitative estimate of drug-likeness (QED) is 0.185. The van der Waals surface area contributed by atoms with Crippen molar-refractivity contribution in [1.29, 1.82) is 0 Å². The molecule has 7 unspecified atom stereocenters. The normalized spacial score (nSPS) is 58.2. The highest BCUT2D eigenvalue weighted by Crippen LogP contribution is 2.70. The van der Waals surface area contributed by atoms with Crippen molar-refractivity contribution in [1.82, 2.24) is 0 Å². The van der Waals surface area contributed by atoms with E-state index in [0.29, 0.717) is 48.7 Å². The summed E-state index contributed by atoms with van der Waals surface area (Å²) in [5, 5.41) is 72.7. The lowest BCUT2D eigenvalue weighted by Crippen LogP contribution is -2.65. The molecule has 0 bridgehead atoms.